The van der Waals surface area contributed by atoms with Gasteiger partial charge in [-0.1, -0.05) is 13.8 Å². The van der Waals surface area contributed by atoms with Gasteiger partial charge in [-0.25, -0.2) is 0 Å². The van der Waals surface area contributed by atoms with Gasteiger partial charge in [0.05, 0.1) is 0 Å². The predicted octanol–water partition coefficient (Wildman–Crippen LogP) is 2.36. The second-order valence-electron chi connectivity index (χ2n) is 5.29. The zero-order valence-corrected chi connectivity index (χ0v) is 12.8. The summed E-state index contributed by atoms with van der Waals surface area (Å²) in [6.07, 6.45) is 0. The molecule has 0 saturated carbocycles. The molecule has 0 bridgehead atoms. The lowest BCUT2D eigenvalue weighted by molar-refractivity contribution is 0.0488. The van der Waals surface area contributed by atoms with Crippen LogP contribution in [0.15, 0.2) is 24.3 Å². The van der Waals surface area contributed by atoms with E-state index in [1.807, 2.05) is 0 Å². The summed E-state index contributed by atoms with van der Waals surface area (Å²) in [6.45, 7) is 10.8. The number of hydrogen-bond donors (Lipinski definition) is 1. The van der Waals surface area contributed by atoms with Crippen molar-refractivity contribution in [3.8, 4) is 5.75 Å². The number of rotatable bonds is 8. The fourth-order valence-electron chi connectivity index (χ4n) is 1.89. The summed E-state index contributed by atoms with van der Waals surface area (Å²) in [5, 5.41) is 9.68. The van der Waals surface area contributed by atoms with Crippen molar-refractivity contribution in [2.24, 2.45) is 0 Å². The first-order valence-corrected chi connectivity index (χ1v) is 7.10. The van der Waals surface area contributed by atoms with Crippen molar-refractivity contribution in [3.05, 3.63) is 29.8 Å². The lowest BCUT2D eigenvalue weighted by atomic mass is 9.97. The summed E-state index contributed by atoms with van der Waals surface area (Å²) in [7, 11) is 0. The van der Waals surface area contributed by atoms with Gasteiger partial charge in [-0.15, -0.1) is 0 Å². The summed E-state index contributed by atoms with van der Waals surface area (Å²) >= 11 is 0. The Morgan fingerprint density at radius 1 is 1.20 bits per heavy atom. The molecule has 0 unspecified atom stereocenters. The molecule has 0 aliphatic heterocycles. The lowest BCUT2D eigenvalue weighted by Crippen LogP contribution is -2.31. The predicted molar refractivity (Wildman–Crippen MR) is 80.4 cm³/mol. The third-order valence-corrected chi connectivity index (χ3v) is 3.24. The molecule has 1 rings (SSSR count). The molecule has 112 valence electrons. The number of aliphatic hydroxyl groups is 1. The van der Waals surface area contributed by atoms with Crippen molar-refractivity contribution in [2.75, 3.05) is 26.2 Å². The molecular formula is C16H25NO3. The Hall–Kier alpha value is -1.39. The van der Waals surface area contributed by atoms with E-state index in [-0.39, 0.29) is 5.78 Å². The number of carbonyl (C=O) groups is 1. The number of carbonyl (C=O) groups excluding carboxylic acids is 1. The fraction of sp³-hybridized carbons (Fsp3) is 0.562. The molecule has 1 N–H and O–H groups in total. The van der Waals surface area contributed by atoms with Gasteiger partial charge >= 0.3 is 0 Å². The van der Waals surface area contributed by atoms with Crippen LogP contribution in [-0.4, -0.2) is 47.6 Å². The molecule has 0 aliphatic rings. The average Bonchev–Trinajstić information content (AvgIpc) is 2.42. The normalized spacial score (nSPS) is 11.7. The van der Waals surface area contributed by atoms with Gasteiger partial charge in [-0.05, 0) is 51.2 Å². The van der Waals surface area contributed by atoms with E-state index in [1.54, 1.807) is 24.3 Å². The quantitative estimate of drug-likeness (QED) is 0.742. The van der Waals surface area contributed by atoms with Gasteiger partial charge < -0.3 is 14.7 Å². The van der Waals surface area contributed by atoms with E-state index < -0.39 is 5.60 Å². The number of hydrogen-bond acceptors (Lipinski definition) is 4. The van der Waals surface area contributed by atoms with Crippen LogP contribution in [-0.2, 0) is 0 Å². The van der Waals surface area contributed by atoms with Crippen LogP contribution in [0.25, 0.3) is 0 Å². The van der Waals surface area contributed by atoms with Gasteiger partial charge in [0, 0.05) is 12.1 Å². The first-order chi connectivity index (χ1) is 9.38. The summed E-state index contributed by atoms with van der Waals surface area (Å²) < 4.78 is 5.65. The highest BCUT2D eigenvalue weighted by molar-refractivity contribution is 6.01. The number of likely N-dealkylation sites (N-methyl/N-ethyl adjacent to an activating group) is 1. The number of benzene rings is 1. The summed E-state index contributed by atoms with van der Waals surface area (Å²) in [5.74, 6) is 0.455. The maximum Gasteiger partial charge on any atom is 0.193 e. The Kier molecular flexibility index (Phi) is 6.17. The van der Waals surface area contributed by atoms with Gasteiger partial charge in [0.2, 0.25) is 0 Å². The van der Waals surface area contributed by atoms with E-state index in [0.29, 0.717) is 12.2 Å². The van der Waals surface area contributed by atoms with Crippen molar-refractivity contribution >= 4 is 5.78 Å². The second-order valence-corrected chi connectivity index (χ2v) is 5.29. The third kappa shape index (κ3) is 4.94. The Labute approximate surface area is 121 Å². The topological polar surface area (TPSA) is 49.8 Å². The zero-order valence-electron chi connectivity index (χ0n) is 12.8. The Balaban J connectivity index is 2.53. The van der Waals surface area contributed by atoms with Crippen molar-refractivity contribution in [3.63, 3.8) is 0 Å². The van der Waals surface area contributed by atoms with E-state index >= 15 is 0 Å². The minimum absolute atomic E-state index is 0.285. The second kappa shape index (κ2) is 7.41. The largest absolute Gasteiger partial charge is 0.492 e. The lowest BCUT2D eigenvalue weighted by Gasteiger charge is -2.18. The first-order valence-electron chi connectivity index (χ1n) is 7.10. The molecule has 0 spiro atoms. The monoisotopic (exact) mass is 279 g/mol. The smallest absolute Gasteiger partial charge is 0.193 e. The third-order valence-electron chi connectivity index (χ3n) is 3.24. The number of ether oxygens (including phenoxy) is 1. The molecule has 0 atom stereocenters. The number of nitrogens with zero attached hydrogens (tertiary/aromatic N) is 1. The molecule has 4 nitrogen and oxygen atoms in total. The molecule has 1 aromatic rings. The van der Waals surface area contributed by atoms with Gasteiger partial charge in [-0.2, -0.15) is 0 Å². The molecule has 20 heavy (non-hydrogen) atoms. The summed E-state index contributed by atoms with van der Waals surface area (Å²) in [5.41, 5.74) is -0.848. The van der Waals surface area contributed by atoms with Crippen molar-refractivity contribution in [1.29, 1.82) is 0 Å². The number of ketones is 1. The summed E-state index contributed by atoms with van der Waals surface area (Å²) in [6, 6.07) is 6.91. The van der Waals surface area contributed by atoms with Gasteiger partial charge in [0.25, 0.3) is 0 Å². The van der Waals surface area contributed by atoms with Crippen LogP contribution >= 0.6 is 0 Å². The van der Waals surface area contributed by atoms with Crippen LogP contribution in [0.4, 0.5) is 0 Å². The SMILES string of the molecule is CCN(CC)CCOc1ccc(C(=O)C(C)(C)O)cc1. The molecule has 0 saturated heterocycles. The van der Waals surface area contributed by atoms with E-state index in [1.165, 1.54) is 13.8 Å². The van der Waals surface area contributed by atoms with Crippen molar-refractivity contribution in [2.45, 2.75) is 33.3 Å². The molecule has 0 aromatic heterocycles. The minimum Gasteiger partial charge on any atom is -0.492 e. The average molecular weight is 279 g/mol. The maximum atomic E-state index is 11.9. The molecular weight excluding hydrogens is 254 g/mol. The van der Waals surface area contributed by atoms with E-state index in [9.17, 15) is 9.90 Å². The maximum absolute atomic E-state index is 11.9. The van der Waals surface area contributed by atoms with E-state index in [2.05, 4.69) is 18.7 Å². The van der Waals surface area contributed by atoms with Crippen LogP contribution < -0.4 is 4.74 Å². The molecule has 0 fully saturated rings. The van der Waals surface area contributed by atoms with Crippen molar-refractivity contribution < 1.29 is 14.6 Å². The molecule has 0 aliphatic carbocycles. The molecule has 0 amide bonds. The van der Waals surface area contributed by atoms with E-state index in [0.717, 1.165) is 25.4 Å². The van der Waals surface area contributed by atoms with Crippen LogP contribution in [0.2, 0.25) is 0 Å². The Morgan fingerprint density at radius 3 is 2.20 bits per heavy atom. The van der Waals surface area contributed by atoms with E-state index in [4.69, 9.17) is 4.74 Å². The van der Waals surface area contributed by atoms with Crippen LogP contribution in [0.1, 0.15) is 38.1 Å². The highest BCUT2D eigenvalue weighted by atomic mass is 16.5. The van der Waals surface area contributed by atoms with Crippen LogP contribution in [0.3, 0.4) is 0 Å². The Bertz CT molecular complexity index is 416. The Morgan fingerprint density at radius 2 is 1.75 bits per heavy atom. The zero-order chi connectivity index (χ0) is 15.2. The molecule has 1 aromatic carbocycles. The first kappa shape index (κ1) is 16.7. The fourth-order valence-corrected chi connectivity index (χ4v) is 1.89. The highest BCUT2D eigenvalue weighted by Gasteiger charge is 2.24. The van der Waals surface area contributed by atoms with Gasteiger partial charge in [-0.3, -0.25) is 4.79 Å². The van der Waals surface area contributed by atoms with Gasteiger partial charge in [0.15, 0.2) is 5.78 Å². The number of Topliss-reactive ketones (excluding diaryl/α,β-unsaturated/α-hetero) is 1. The summed E-state index contributed by atoms with van der Waals surface area (Å²) in [4.78, 5) is 14.1. The molecule has 4 heteroatoms. The van der Waals surface area contributed by atoms with Crippen molar-refractivity contribution in [1.82, 2.24) is 4.90 Å². The van der Waals surface area contributed by atoms with Crippen LogP contribution in [0.5, 0.6) is 5.75 Å². The molecule has 0 radical (unpaired) electrons. The minimum atomic E-state index is -1.34. The van der Waals surface area contributed by atoms with Crippen LogP contribution in [0, 0.1) is 0 Å². The standard InChI is InChI=1S/C16H25NO3/c1-5-17(6-2)11-12-20-14-9-7-13(8-10-14)15(18)16(3,4)19/h7-10,19H,5-6,11-12H2,1-4H3. The molecule has 0 heterocycles. The highest BCUT2D eigenvalue weighted by Crippen LogP contribution is 2.17. The van der Waals surface area contributed by atoms with Gasteiger partial charge in [0.1, 0.15) is 18.0 Å².